The van der Waals surface area contributed by atoms with E-state index in [0.717, 1.165) is 11.3 Å². The van der Waals surface area contributed by atoms with Crippen molar-refractivity contribution >= 4 is 17.1 Å². The van der Waals surface area contributed by atoms with Crippen molar-refractivity contribution in [3.8, 4) is 0 Å². The average Bonchev–Trinajstić information content (AvgIpc) is 2.70. The van der Waals surface area contributed by atoms with Crippen molar-refractivity contribution in [3.05, 3.63) is 57.3 Å². The van der Waals surface area contributed by atoms with Crippen molar-refractivity contribution in [3.63, 3.8) is 0 Å². The molecule has 0 N–H and O–H groups in total. The highest BCUT2D eigenvalue weighted by atomic mass is 32.1. The quantitative estimate of drug-likeness (QED) is 0.732. The lowest BCUT2D eigenvalue weighted by atomic mass is 10.0. The molecule has 2 heteroatoms. The molecule has 0 fully saturated rings. The Balaban J connectivity index is 2.21. The number of thiophene rings is 1. The van der Waals surface area contributed by atoms with Gasteiger partial charge in [0, 0.05) is 0 Å². The maximum absolute atomic E-state index is 11.2. The van der Waals surface area contributed by atoms with Crippen LogP contribution in [0.3, 0.4) is 0 Å². The average molecular weight is 230 g/mol. The van der Waals surface area contributed by atoms with Gasteiger partial charge in [-0.2, -0.15) is 0 Å². The first-order valence-electron chi connectivity index (χ1n) is 5.29. The smallest absolute Gasteiger partial charge is 0.169 e. The van der Waals surface area contributed by atoms with Gasteiger partial charge in [-0.25, -0.2) is 0 Å². The fourth-order valence-corrected chi connectivity index (χ4v) is 2.50. The minimum atomic E-state index is 0.154. The Bertz CT molecular complexity index is 511. The number of aryl methyl sites for hydroxylation is 1. The largest absolute Gasteiger partial charge is 0.294 e. The molecule has 0 aliphatic carbocycles. The monoisotopic (exact) mass is 230 g/mol. The summed E-state index contributed by atoms with van der Waals surface area (Å²) in [5, 5.41) is 2.07. The fourth-order valence-electron chi connectivity index (χ4n) is 1.68. The van der Waals surface area contributed by atoms with Crippen molar-refractivity contribution in [1.29, 1.82) is 0 Å². The lowest BCUT2D eigenvalue weighted by Crippen LogP contribution is -1.90. The van der Waals surface area contributed by atoms with E-state index in [-0.39, 0.29) is 5.78 Å². The summed E-state index contributed by atoms with van der Waals surface area (Å²) in [5.41, 5.74) is 3.86. The molecule has 2 aromatic rings. The highest BCUT2D eigenvalue weighted by molar-refractivity contribution is 7.12. The van der Waals surface area contributed by atoms with Gasteiger partial charge in [0.1, 0.15) is 0 Å². The van der Waals surface area contributed by atoms with Crippen LogP contribution in [0.4, 0.5) is 0 Å². The van der Waals surface area contributed by atoms with Crippen molar-refractivity contribution in [2.75, 3.05) is 0 Å². The molecule has 0 aliphatic rings. The molecule has 1 aromatic carbocycles. The standard InChI is InChI=1S/C14H14OS/c1-10-5-3-4-6-13(10)7-12-8-14(11(2)15)16-9-12/h3-6,8-9H,7H2,1-2H3. The maximum Gasteiger partial charge on any atom is 0.169 e. The van der Waals surface area contributed by atoms with Crippen LogP contribution in [0, 0.1) is 6.92 Å². The lowest BCUT2D eigenvalue weighted by Gasteiger charge is -2.02. The minimum Gasteiger partial charge on any atom is -0.294 e. The Morgan fingerprint density at radius 1 is 1.31 bits per heavy atom. The number of hydrogen-bond donors (Lipinski definition) is 0. The van der Waals surface area contributed by atoms with E-state index in [1.54, 1.807) is 6.92 Å². The van der Waals surface area contributed by atoms with E-state index in [4.69, 9.17) is 0 Å². The summed E-state index contributed by atoms with van der Waals surface area (Å²) in [6.45, 7) is 3.73. The summed E-state index contributed by atoms with van der Waals surface area (Å²) in [7, 11) is 0. The van der Waals surface area contributed by atoms with Crippen molar-refractivity contribution in [2.24, 2.45) is 0 Å². The first-order chi connectivity index (χ1) is 7.66. The van der Waals surface area contributed by atoms with E-state index in [9.17, 15) is 4.79 Å². The predicted molar refractivity (Wildman–Crippen MR) is 68.3 cm³/mol. The molecular formula is C14H14OS. The summed E-state index contributed by atoms with van der Waals surface area (Å²) in [5.74, 6) is 0.154. The number of rotatable bonds is 3. The van der Waals surface area contributed by atoms with Gasteiger partial charge in [-0.3, -0.25) is 4.79 Å². The van der Waals surface area contributed by atoms with E-state index >= 15 is 0 Å². The molecule has 1 aromatic heterocycles. The normalized spacial score (nSPS) is 10.4. The Morgan fingerprint density at radius 2 is 2.06 bits per heavy atom. The van der Waals surface area contributed by atoms with Crippen LogP contribution in [0.15, 0.2) is 35.7 Å². The number of Topliss-reactive ketones (excluding diaryl/α,β-unsaturated/α-hetero) is 1. The van der Waals surface area contributed by atoms with Gasteiger partial charge in [-0.05, 0) is 48.4 Å². The second-order valence-electron chi connectivity index (χ2n) is 3.98. The Kier molecular flexibility index (Phi) is 3.20. The Hall–Kier alpha value is -1.41. The van der Waals surface area contributed by atoms with Crippen LogP contribution in [0.1, 0.15) is 33.3 Å². The molecular weight excluding hydrogens is 216 g/mol. The second kappa shape index (κ2) is 4.62. The van der Waals surface area contributed by atoms with E-state index < -0.39 is 0 Å². The van der Waals surface area contributed by atoms with E-state index in [1.807, 2.05) is 12.1 Å². The van der Waals surface area contributed by atoms with Crippen LogP contribution < -0.4 is 0 Å². The molecule has 0 spiro atoms. The molecule has 1 nitrogen and oxygen atoms in total. The summed E-state index contributed by atoms with van der Waals surface area (Å²) < 4.78 is 0. The van der Waals surface area contributed by atoms with Gasteiger partial charge >= 0.3 is 0 Å². The second-order valence-corrected chi connectivity index (χ2v) is 4.89. The minimum absolute atomic E-state index is 0.154. The van der Waals surface area contributed by atoms with Crippen molar-refractivity contribution in [2.45, 2.75) is 20.3 Å². The number of carbonyl (C=O) groups excluding carboxylic acids is 1. The zero-order valence-electron chi connectivity index (χ0n) is 9.49. The van der Waals surface area contributed by atoms with E-state index in [2.05, 4.69) is 30.5 Å². The van der Waals surface area contributed by atoms with Gasteiger partial charge in [0.15, 0.2) is 5.78 Å². The highest BCUT2D eigenvalue weighted by Crippen LogP contribution is 2.19. The predicted octanol–water partition coefficient (Wildman–Crippen LogP) is 3.85. The van der Waals surface area contributed by atoms with Crippen LogP contribution in [-0.4, -0.2) is 5.78 Å². The van der Waals surface area contributed by atoms with Crippen molar-refractivity contribution in [1.82, 2.24) is 0 Å². The molecule has 0 radical (unpaired) electrons. The number of benzene rings is 1. The molecule has 0 aliphatic heterocycles. The molecule has 0 saturated heterocycles. The zero-order chi connectivity index (χ0) is 11.5. The first kappa shape index (κ1) is 11.1. The summed E-state index contributed by atoms with van der Waals surface area (Å²) >= 11 is 1.53. The molecule has 16 heavy (non-hydrogen) atoms. The maximum atomic E-state index is 11.2. The Labute approximate surface area is 99.8 Å². The summed E-state index contributed by atoms with van der Waals surface area (Å²) in [6.07, 6.45) is 0.913. The summed E-state index contributed by atoms with van der Waals surface area (Å²) in [6, 6.07) is 10.4. The number of carbonyl (C=O) groups is 1. The molecule has 0 atom stereocenters. The first-order valence-corrected chi connectivity index (χ1v) is 6.17. The molecule has 0 unspecified atom stereocenters. The molecule has 0 bridgehead atoms. The number of hydrogen-bond acceptors (Lipinski definition) is 2. The van der Waals surface area contributed by atoms with Crippen LogP contribution in [0.2, 0.25) is 0 Å². The third kappa shape index (κ3) is 2.39. The van der Waals surface area contributed by atoms with Crippen LogP contribution >= 0.6 is 11.3 Å². The van der Waals surface area contributed by atoms with E-state index in [0.29, 0.717) is 0 Å². The highest BCUT2D eigenvalue weighted by Gasteiger charge is 2.05. The molecule has 2 rings (SSSR count). The van der Waals surface area contributed by atoms with Crippen LogP contribution in [0.5, 0.6) is 0 Å². The van der Waals surface area contributed by atoms with Crippen LogP contribution in [0.25, 0.3) is 0 Å². The van der Waals surface area contributed by atoms with Crippen LogP contribution in [-0.2, 0) is 6.42 Å². The van der Waals surface area contributed by atoms with Gasteiger partial charge in [-0.1, -0.05) is 24.3 Å². The Morgan fingerprint density at radius 3 is 2.69 bits per heavy atom. The molecule has 0 amide bonds. The van der Waals surface area contributed by atoms with Crippen molar-refractivity contribution < 1.29 is 4.79 Å². The molecule has 1 heterocycles. The van der Waals surface area contributed by atoms with Gasteiger partial charge in [-0.15, -0.1) is 11.3 Å². The van der Waals surface area contributed by atoms with Gasteiger partial charge in [0.2, 0.25) is 0 Å². The zero-order valence-corrected chi connectivity index (χ0v) is 10.3. The van der Waals surface area contributed by atoms with Gasteiger partial charge in [0.05, 0.1) is 4.88 Å². The van der Waals surface area contributed by atoms with Gasteiger partial charge < -0.3 is 0 Å². The topological polar surface area (TPSA) is 17.1 Å². The SMILES string of the molecule is CC(=O)c1cc(Cc2ccccc2C)cs1. The number of ketones is 1. The van der Waals surface area contributed by atoms with Gasteiger partial charge in [0.25, 0.3) is 0 Å². The molecule has 0 saturated carbocycles. The third-order valence-electron chi connectivity index (χ3n) is 2.66. The van der Waals surface area contributed by atoms with E-state index in [1.165, 1.54) is 28.0 Å². The summed E-state index contributed by atoms with van der Waals surface area (Å²) in [4.78, 5) is 12.0. The molecule has 82 valence electrons. The fraction of sp³-hybridized carbons (Fsp3) is 0.214. The lowest BCUT2D eigenvalue weighted by molar-refractivity contribution is 0.102. The third-order valence-corrected chi connectivity index (χ3v) is 3.74.